The van der Waals surface area contributed by atoms with E-state index in [-0.39, 0.29) is 12.1 Å². The number of rotatable bonds is 10. The van der Waals surface area contributed by atoms with Crippen LogP contribution in [0, 0.1) is 5.92 Å². The van der Waals surface area contributed by atoms with E-state index in [4.69, 9.17) is 20.4 Å². The Bertz CT molecular complexity index is 1230. The molecule has 12 nitrogen and oxygen atoms in total. The first-order chi connectivity index (χ1) is 18.9. The lowest BCUT2D eigenvalue weighted by Gasteiger charge is -2.39. The summed E-state index contributed by atoms with van der Waals surface area (Å²) in [5.74, 6) is -4.28. The molecule has 1 unspecified atom stereocenters. The molecule has 1 atom stereocenters. The number of nitrogens with zero attached hydrogens (tertiary/aromatic N) is 3. The highest BCUT2D eigenvalue weighted by molar-refractivity contribution is 7.13. The Morgan fingerprint density at radius 1 is 1.05 bits per heavy atom. The summed E-state index contributed by atoms with van der Waals surface area (Å²) in [5.41, 5.74) is -2.96. The molecule has 3 heterocycles. The van der Waals surface area contributed by atoms with Gasteiger partial charge in [0.15, 0.2) is 5.60 Å². The van der Waals surface area contributed by atoms with Crippen LogP contribution in [0.2, 0.25) is 0 Å². The number of thiophene rings is 1. The van der Waals surface area contributed by atoms with Crippen molar-refractivity contribution in [3.05, 3.63) is 52.2 Å². The van der Waals surface area contributed by atoms with E-state index in [1.54, 1.807) is 23.5 Å². The molecule has 1 saturated heterocycles. The Morgan fingerprint density at radius 2 is 1.73 bits per heavy atom. The van der Waals surface area contributed by atoms with E-state index >= 15 is 0 Å². The van der Waals surface area contributed by atoms with Crippen LogP contribution >= 0.6 is 11.3 Å². The van der Waals surface area contributed by atoms with Gasteiger partial charge < -0.3 is 30.4 Å². The van der Waals surface area contributed by atoms with E-state index in [2.05, 4.69) is 22.2 Å². The predicted octanol–water partition coefficient (Wildman–Crippen LogP) is 1.91. The molecule has 2 aromatic heterocycles. The fraction of sp³-hybridized carbons (Fsp3) is 0.519. The van der Waals surface area contributed by atoms with Crippen molar-refractivity contribution >= 4 is 29.2 Å². The Morgan fingerprint density at radius 3 is 2.25 bits per heavy atom. The zero-order valence-corrected chi connectivity index (χ0v) is 22.8. The summed E-state index contributed by atoms with van der Waals surface area (Å²) < 4.78 is 1.44. The number of hydrogen-bond acceptors (Lipinski definition) is 9. The number of aliphatic hydroxyl groups is 2. The average Bonchev–Trinajstić information content (AvgIpc) is 3.42. The Kier molecular flexibility index (Phi) is 10.7. The fourth-order valence-electron chi connectivity index (χ4n) is 4.81. The number of aliphatic carboxylic acids is 3. The molecule has 0 aromatic carbocycles. The van der Waals surface area contributed by atoms with Crippen molar-refractivity contribution in [1.29, 1.82) is 0 Å². The molecule has 4 rings (SSSR count). The third-order valence-electron chi connectivity index (χ3n) is 7.05. The minimum atomic E-state index is -2.74. The zero-order chi connectivity index (χ0) is 29.3. The minimum absolute atomic E-state index is 0.153. The van der Waals surface area contributed by atoms with Gasteiger partial charge in [0.1, 0.15) is 5.69 Å². The van der Waals surface area contributed by atoms with Gasteiger partial charge in [-0.25, -0.2) is 9.48 Å². The highest BCUT2D eigenvalue weighted by atomic mass is 32.1. The van der Waals surface area contributed by atoms with Crippen molar-refractivity contribution in [3.63, 3.8) is 0 Å². The quantitative estimate of drug-likeness (QED) is 0.259. The standard InChI is InChI=1S/C21H27N3O2S.C6H8O7/c25-20-9-8-18(19-7-4-14-27-19)22-24(20)16-21(26)10-12-23(13-11-21)15-17-5-2-1-3-6-17;7-3(8)1-6(13,5(11)12)2-4(9)10/h1-2,4,7-9,14,17,26H,3,5-6,10-13,15-16H2;13H,1-2H2,(H,7,8)(H,9,10)(H,11,12). The van der Waals surface area contributed by atoms with Crippen LogP contribution in [-0.4, -0.2) is 89.0 Å². The number of hydrogen-bond donors (Lipinski definition) is 5. The lowest BCUT2D eigenvalue weighted by Crippen LogP contribution is -2.49. The van der Waals surface area contributed by atoms with E-state index in [1.165, 1.54) is 23.9 Å². The van der Waals surface area contributed by atoms with Crippen LogP contribution in [0.4, 0.5) is 0 Å². The number of carbonyl (C=O) groups is 3. The van der Waals surface area contributed by atoms with Gasteiger partial charge in [0.2, 0.25) is 0 Å². The van der Waals surface area contributed by atoms with Crippen LogP contribution in [-0.2, 0) is 20.9 Å². The topological polar surface area (TPSA) is 190 Å². The van der Waals surface area contributed by atoms with Crippen LogP contribution in [0.5, 0.6) is 0 Å². The molecule has 40 heavy (non-hydrogen) atoms. The summed E-state index contributed by atoms with van der Waals surface area (Å²) in [5, 5.41) is 51.4. The molecule has 0 amide bonds. The highest BCUT2D eigenvalue weighted by Gasteiger charge is 2.40. The van der Waals surface area contributed by atoms with Gasteiger partial charge in [0, 0.05) is 25.7 Å². The molecule has 0 spiro atoms. The molecule has 1 fully saturated rings. The maximum absolute atomic E-state index is 12.3. The number of carboxylic acid groups (broad SMARTS) is 3. The second-order valence-corrected chi connectivity index (χ2v) is 11.3. The monoisotopic (exact) mass is 577 g/mol. The summed E-state index contributed by atoms with van der Waals surface area (Å²) >= 11 is 1.60. The van der Waals surface area contributed by atoms with Gasteiger partial charge in [0.25, 0.3) is 5.56 Å². The van der Waals surface area contributed by atoms with E-state index in [9.17, 15) is 24.3 Å². The second-order valence-electron chi connectivity index (χ2n) is 10.3. The van der Waals surface area contributed by atoms with Gasteiger partial charge in [-0.05, 0) is 55.5 Å². The Labute approximate surface area is 234 Å². The maximum atomic E-state index is 12.3. The van der Waals surface area contributed by atoms with Crippen LogP contribution in [0.25, 0.3) is 10.6 Å². The lowest BCUT2D eigenvalue weighted by molar-refractivity contribution is -0.170. The van der Waals surface area contributed by atoms with Gasteiger partial charge in [-0.2, -0.15) is 5.10 Å². The van der Waals surface area contributed by atoms with E-state index < -0.39 is 42.0 Å². The summed E-state index contributed by atoms with van der Waals surface area (Å²) in [6, 6.07) is 7.28. The zero-order valence-electron chi connectivity index (χ0n) is 22.0. The molecule has 0 radical (unpaired) electrons. The van der Waals surface area contributed by atoms with Gasteiger partial charge in [-0.3, -0.25) is 14.4 Å². The van der Waals surface area contributed by atoms with Gasteiger partial charge in [0.05, 0.1) is 29.9 Å². The van der Waals surface area contributed by atoms with Crippen molar-refractivity contribution in [2.45, 2.75) is 62.7 Å². The van der Waals surface area contributed by atoms with Crippen molar-refractivity contribution in [3.8, 4) is 10.6 Å². The SMILES string of the molecule is O=C(O)CC(O)(CC(=O)O)C(=O)O.O=c1ccc(-c2cccs2)nn1CC1(O)CCN(CC2CC=CCC2)CC1. The lowest BCUT2D eigenvalue weighted by atomic mass is 9.89. The average molecular weight is 578 g/mol. The third-order valence-corrected chi connectivity index (χ3v) is 7.94. The number of piperidine rings is 1. The van der Waals surface area contributed by atoms with Gasteiger partial charge in [-0.1, -0.05) is 18.2 Å². The first kappa shape index (κ1) is 31.1. The molecule has 13 heteroatoms. The van der Waals surface area contributed by atoms with Crippen molar-refractivity contribution in [2.75, 3.05) is 19.6 Å². The smallest absolute Gasteiger partial charge is 0.336 e. The molecular weight excluding hydrogens is 542 g/mol. The molecule has 0 saturated carbocycles. The summed E-state index contributed by atoms with van der Waals surface area (Å²) in [6.45, 7) is 3.16. The van der Waals surface area contributed by atoms with Crippen molar-refractivity contribution in [1.82, 2.24) is 14.7 Å². The van der Waals surface area contributed by atoms with E-state index in [0.717, 1.165) is 36.1 Å². The molecule has 2 aliphatic rings. The normalized spacial score (nSPS) is 18.9. The molecule has 2 aromatic rings. The fourth-order valence-corrected chi connectivity index (χ4v) is 5.50. The highest BCUT2D eigenvalue weighted by Crippen LogP contribution is 2.27. The summed E-state index contributed by atoms with van der Waals surface area (Å²) in [7, 11) is 0. The Balaban J connectivity index is 0.000000289. The maximum Gasteiger partial charge on any atom is 0.336 e. The van der Waals surface area contributed by atoms with E-state index in [1.807, 2.05) is 17.5 Å². The Hall–Kier alpha value is -3.39. The molecule has 1 aliphatic carbocycles. The van der Waals surface area contributed by atoms with Crippen molar-refractivity contribution < 1.29 is 39.9 Å². The first-order valence-electron chi connectivity index (χ1n) is 13.0. The number of carboxylic acids is 3. The number of allylic oxidation sites excluding steroid dienone is 2. The summed E-state index contributed by atoms with van der Waals surface area (Å²) in [4.78, 5) is 46.2. The van der Waals surface area contributed by atoms with Crippen LogP contribution in [0.1, 0.15) is 44.9 Å². The van der Waals surface area contributed by atoms with Gasteiger partial charge in [-0.15, -0.1) is 11.3 Å². The molecular formula is C27H35N3O9S. The van der Waals surface area contributed by atoms with Crippen molar-refractivity contribution in [2.24, 2.45) is 5.92 Å². The number of likely N-dealkylation sites (tertiary alicyclic amines) is 1. The molecule has 218 valence electrons. The van der Waals surface area contributed by atoms with Crippen LogP contribution in [0.15, 0.2) is 46.6 Å². The summed E-state index contributed by atoms with van der Waals surface area (Å²) in [6.07, 6.45) is 7.30. The number of aromatic nitrogens is 2. The third kappa shape index (κ3) is 9.08. The first-order valence-corrected chi connectivity index (χ1v) is 13.9. The predicted molar refractivity (Wildman–Crippen MR) is 146 cm³/mol. The largest absolute Gasteiger partial charge is 0.481 e. The second kappa shape index (κ2) is 13.8. The molecule has 0 bridgehead atoms. The van der Waals surface area contributed by atoms with E-state index in [0.29, 0.717) is 12.8 Å². The minimum Gasteiger partial charge on any atom is -0.481 e. The van der Waals surface area contributed by atoms with Crippen LogP contribution in [0.3, 0.4) is 0 Å². The van der Waals surface area contributed by atoms with Gasteiger partial charge >= 0.3 is 17.9 Å². The molecule has 5 N–H and O–H groups in total. The van der Waals surface area contributed by atoms with Crippen LogP contribution < -0.4 is 5.56 Å². The molecule has 1 aliphatic heterocycles.